The maximum absolute atomic E-state index is 13.5. The number of imide groups is 1. The van der Waals surface area contributed by atoms with Crippen LogP contribution in [-0.2, 0) is 27.4 Å². The van der Waals surface area contributed by atoms with Crippen molar-refractivity contribution in [3.05, 3.63) is 102 Å². The van der Waals surface area contributed by atoms with E-state index in [1.54, 1.807) is 5.06 Å². The smallest absolute Gasteiger partial charge is 0.262 e. The fourth-order valence-electron chi connectivity index (χ4n) is 4.48. The number of rotatable bonds is 5. The van der Waals surface area contributed by atoms with E-state index in [0.717, 1.165) is 23.2 Å². The lowest BCUT2D eigenvalue weighted by Crippen LogP contribution is -2.36. The van der Waals surface area contributed by atoms with E-state index < -0.39 is 12.0 Å². The van der Waals surface area contributed by atoms with Gasteiger partial charge in [0.1, 0.15) is 5.92 Å². The summed E-state index contributed by atoms with van der Waals surface area (Å²) in [6.07, 6.45) is 0.130. The highest BCUT2D eigenvalue weighted by Crippen LogP contribution is 2.46. The SMILES string of the molecule is CCc1ccc([C@H]2[C@H]3C(=O)N(Cc4ccccc4)C(=O)[C@@H]3ON2c2ccccc2)cc1. The van der Waals surface area contributed by atoms with Crippen LogP contribution in [0.25, 0.3) is 0 Å². The highest BCUT2D eigenvalue weighted by molar-refractivity contribution is 6.07. The fourth-order valence-corrected chi connectivity index (χ4v) is 4.48. The van der Waals surface area contributed by atoms with Gasteiger partial charge in [-0.1, -0.05) is 79.7 Å². The second kappa shape index (κ2) is 8.00. The van der Waals surface area contributed by atoms with E-state index in [2.05, 4.69) is 19.1 Å². The minimum atomic E-state index is -0.813. The van der Waals surface area contributed by atoms with Gasteiger partial charge in [0, 0.05) is 0 Å². The van der Waals surface area contributed by atoms with Crippen LogP contribution in [0.5, 0.6) is 0 Å². The zero-order valence-electron chi connectivity index (χ0n) is 17.3. The Kier molecular flexibility index (Phi) is 5.04. The third kappa shape index (κ3) is 3.41. The molecule has 0 radical (unpaired) electrons. The van der Waals surface area contributed by atoms with E-state index >= 15 is 0 Å². The normalized spacial score (nSPS) is 22.8. The number of nitrogens with zero attached hydrogens (tertiary/aromatic N) is 2. The summed E-state index contributed by atoms with van der Waals surface area (Å²) < 4.78 is 0. The summed E-state index contributed by atoms with van der Waals surface area (Å²) in [4.78, 5) is 34.2. The van der Waals surface area contributed by atoms with Gasteiger partial charge in [0.15, 0.2) is 6.10 Å². The summed E-state index contributed by atoms with van der Waals surface area (Å²) in [5.41, 5.74) is 3.95. The number of benzene rings is 3. The number of anilines is 1. The fraction of sp³-hybridized carbons (Fsp3) is 0.231. The number of amides is 2. The summed E-state index contributed by atoms with van der Waals surface area (Å²) in [6.45, 7) is 2.38. The van der Waals surface area contributed by atoms with Gasteiger partial charge in [0.2, 0.25) is 5.91 Å². The molecule has 2 aliphatic rings. The molecule has 3 atom stereocenters. The largest absolute Gasteiger partial charge is 0.275 e. The molecule has 31 heavy (non-hydrogen) atoms. The lowest BCUT2D eigenvalue weighted by atomic mass is 9.90. The molecule has 2 fully saturated rings. The first kappa shape index (κ1) is 19.5. The van der Waals surface area contributed by atoms with Crippen LogP contribution in [0.1, 0.15) is 29.7 Å². The van der Waals surface area contributed by atoms with E-state index in [-0.39, 0.29) is 24.4 Å². The molecule has 5 rings (SSSR count). The molecule has 3 aromatic carbocycles. The first-order valence-electron chi connectivity index (χ1n) is 10.7. The molecule has 5 nitrogen and oxygen atoms in total. The topological polar surface area (TPSA) is 49.9 Å². The Morgan fingerprint density at radius 2 is 1.42 bits per heavy atom. The van der Waals surface area contributed by atoms with Crippen molar-refractivity contribution in [3.8, 4) is 0 Å². The number of hydroxylamine groups is 1. The van der Waals surface area contributed by atoms with Crippen molar-refractivity contribution >= 4 is 17.5 Å². The van der Waals surface area contributed by atoms with Crippen molar-refractivity contribution in [2.24, 2.45) is 5.92 Å². The molecule has 0 bridgehead atoms. The first-order chi connectivity index (χ1) is 15.2. The van der Waals surface area contributed by atoms with Gasteiger partial charge in [-0.05, 0) is 35.2 Å². The number of fused-ring (bicyclic) bond motifs is 1. The van der Waals surface area contributed by atoms with E-state index in [4.69, 9.17) is 4.84 Å². The number of likely N-dealkylation sites (tertiary alicyclic amines) is 1. The van der Waals surface area contributed by atoms with Gasteiger partial charge in [-0.2, -0.15) is 0 Å². The monoisotopic (exact) mass is 412 g/mol. The van der Waals surface area contributed by atoms with E-state index in [1.165, 1.54) is 10.5 Å². The standard InChI is InChI=1S/C26H24N2O3/c1-2-18-13-15-20(16-14-18)23-22-24(31-28(23)21-11-7-4-8-12-21)26(30)27(25(22)29)17-19-9-5-3-6-10-19/h3-16,22-24H,2,17H2,1H3/t22-,23+,24-/m1/s1. The molecule has 0 aliphatic carbocycles. The average Bonchev–Trinajstić information content (AvgIpc) is 3.32. The number of aryl methyl sites for hydroxylation is 1. The van der Waals surface area contributed by atoms with Gasteiger partial charge in [-0.15, -0.1) is 0 Å². The first-order valence-corrected chi connectivity index (χ1v) is 10.7. The van der Waals surface area contributed by atoms with Crippen molar-refractivity contribution in [1.29, 1.82) is 0 Å². The minimum Gasteiger partial charge on any atom is -0.275 e. The number of carbonyl (C=O) groups is 2. The Morgan fingerprint density at radius 1 is 0.774 bits per heavy atom. The maximum atomic E-state index is 13.5. The Bertz CT molecular complexity index is 1080. The Labute approximate surface area is 181 Å². The predicted molar refractivity (Wildman–Crippen MR) is 118 cm³/mol. The minimum absolute atomic E-state index is 0.179. The third-order valence-corrected chi connectivity index (χ3v) is 6.13. The number of para-hydroxylation sites is 1. The molecule has 0 N–H and O–H groups in total. The summed E-state index contributed by atoms with van der Waals surface area (Å²) >= 11 is 0. The average molecular weight is 412 g/mol. The molecule has 3 aromatic rings. The van der Waals surface area contributed by atoms with Crippen LogP contribution in [0.2, 0.25) is 0 Å². The zero-order chi connectivity index (χ0) is 21.4. The molecule has 156 valence electrons. The molecule has 2 heterocycles. The van der Waals surface area contributed by atoms with Crippen LogP contribution in [0, 0.1) is 5.92 Å². The van der Waals surface area contributed by atoms with Crippen LogP contribution < -0.4 is 5.06 Å². The Hall–Kier alpha value is -3.44. The molecule has 5 heteroatoms. The lowest BCUT2D eigenvalue weighted by Gasteiger charge is -2.29. The molecule has 0 spiro atoms. The third-order valence-electron chi connectivity index (χ3n) is 6.13. The molecule has 0 saturated carbocycles. The Balaban J connectivity index is 1.52. The molecular formula is C26H24N2O3. The summed E-state index contributed by atoms with van der Waals surface area (Å²) in [5.74, 6) is -1.03. The lowest BCUT2D eigenvalue weighted by molar-refractivity contribution is -0.143. The molecule has 2 aliphatic heterocycles. The molecule has 0 unspecified atom stereocenters. The second-order valence-corrected chi connectivity index (χ2v) is 8.00. The molecule has 0 aromatic heterocycles. The van der Waals surface area contributed by atoms with E-state index in [1.807, 2.05) is 72.8 Å². The number of carbonyl (C=O) groups excluding carboxylic acids is 2. The van der Waals surface area contributed by atoms with Crippen LogP contribution in [0.3, 0.4) is 0 Å². The maximum Gasteiger partial charge on any atom is 0.262 e. The van der Waals surface area contributed by atoms with Crippen molar-refractivity contribution in [2.45, 2.75) is 32.0 Å². The predicted octanol–water partition coefficient (Wildman–Crippen LogP) is 4.30. The van der Waals surface area contributed by atoms with Crippen LogP contribution in [0.4, 0.5) is 5.69 Å². The summed E-state index contributed by atoms with van der Waals surface area (Å²) in [5, 5.41) is 1.74. The van der Waals surface area contributed by atoms with Crippen LogP contribution >= 0.6 is 0 Å². The van der Waals surface area contributed by atoms with Crippen molar-refractivity contribution in [2.75, 3.05) is 5.06 Å². The number of hydrogen-bond donors (Lipinski definition) is 0. The van der Waals surface area contributed by atoms with Gasteiger partial charge >= 0.3 is 0 Å². The highest BCUT2D eigenvalue weighted by atomic mass is 16.7. The van der Waals surface area contributed by atoms with Gasteiger partial charge in [0.05, 0.1) is 18.3 Å². The quantitative estimate of drug-likeness (QED) is 0.587. The van der Waals surface area contributed by atoms with Crippen LogP contribution in [0.15, 0.2) is 84.9 Å². The van der Waals surface area contributed by atoms with Gasteiger partial charge in [-0.3, -0.25) is 19.3 Å². The second-order valence-electron chi connectivity index (χ2n) is 8.00. The van der Waals surface area contributed by atoms with E-state index in [0.29, 0.717) is 0 Å². The van der Waals surface area contributed by atoms with Gasteiger partial charge in [0.25, 0.3) is 5.91 Å². The molecule has 2 amide bonds. The summed E-state index contributed by atoms with van der Waals surface area (Å²) in [6, 6.07) is 27.1. The van der Waals surface area contributed by atoms with Crippen molar-refractivity contribution in [1.82, 2.24) is 4.90 Å². The van der Waals surface area contributed by atoms with Crippen molar-refractivity contribution in [3.63, 3.8) is 0 Å². The van der Waals surface area contributed by atoms with Crippen molar-refractivity contribution < 1.29 is 14.4 Å². The molecule has 2 saturated heterocycles. The van der Waals surface area contributed by atoms with Gasteiger partial charge in [-0.25, -0.2) is 5.06 Å². The summed E-state index contributed by atoms with van der Waals surface area (Å²) in [7, 11) is 0. The number of hydrogen-bond acceptors (Lipinski definition) is 4. The Morgan fingerprint density at radius 3 is 2.06 bits per heavy atom. The highest BCUT2D eigenvalue weighted by Gasteiger charge is 2.59. The van der Waals surface area contributed by atoms with Crippen LogP contribution in [-0.4, -0.2) is 22.8 Å². The zero-order valence-corrected chi connectivity index (χ0v) is 17.3. The van der Waals surface area contributed by atoms with E-state index in [9.17, 15) is 9.59 Å². The van der Waals surface area contributed by atoms with Gasteiger partial charge < -0.3 is 0 Å². The molecular weight excluding hydrogens is 388 g/mol.